The van der Waals surface area contributed by atoms with Gasteiger partial charge in [-0.3, -0.25) is 0 Å². The van der Waals surface area contributed by atoms with E-state index >= 15 is 0 Å². The van der Waals surface area contributed by atoms with Crippen molar-refractivity contribution in [2.24, 2.45) is 0 Å². The van der Waals surface area contributed by atoms with Gasteiger partial charge in [0, 0.05) is 0 Å². The fourth-order valence-electron chi connectivity index (χ4n) is 0.754. The third-order valence-corrected chi connectivity index (χ3v) is 1.54. The summed E-state index contributed by atoms with van der Waals surface area (Å²) >= 11 is 0. The first-order valence-corrected chi connectivity index (χ1v) is 3.44. The summed E-state index contributed by atoms with van der Waals surface area (Å²) in [6, 6.07) is 0.257. The maximum absolute atomic E-state index is 10.4. The molecule has 0 aromatic carbocycles. The standard InChI is InChI=1S/C6H7N3O4/c1-4(6(10)11)8-3-2-5(7-8)9(12)13/h2-4H,1H3,(H,10,11)/t4-/m0/s1. The van der Waals surface area contributed by atoms with Crippen molar-refractivity contribution in [1.29, 1.82) is 0 Å². The molecule has 0 saturated heterocycles. The van der Waals surface area contributed by atoms with Gasteiger partial charge in [-0.15, -0.1) is 0 Å². The molecule has 0 saturated carbocycles. The number of aromatic nitrogens is 2. The molecule has 0 radical (unpaired) electrons. The van der Waals surface area contributed by atoms with Crippen LogP contribution >= 0.6 is 0 Å². The van der Waals surface area contributed by atoms with Gasteiger partial charge in [-0.2, -0.15) is 4.68 Å². The van der Waals surface area contributed by atoms with Crippen molar-refractivity contribution in [3.8, 4) is 0 Å². The molecule has 0 aliphatic heterocycles. The number of carbonyl (C=O) groups is 1. The lowest BCUT2D eigenvalue weighted by atomic mass is 10.4. The quantitative estimate of drug-likeness (QED) is 0.544. The summed E-state index contributed by atoms with van der Waals surface area (Å²) in [5.41, 5.74) is 0. The van der Waals surface area contributed by atoms with Gasteiger partial charge in [-0.1, -0.05) is 0 Å². The molecule has 1 N–H and O–H groups in total. The minimum atomic E-state index is -1.09. The van der Waals surface area contributed by atoms with E-state index in [1.165, 1.54) is 13.1 Å². The van der Waals surface area contributed by atoms with E-state index in [1.807, 2.05) is 0 Å². The molecule has 0 spiro atoms. The van der Waals surface area contributed by atoms with Crippen molar-refractivity contribution in [1.82, 2.24) is 9.78 Å². The van der Waals surface area contributed by atoms with Crippen LogP contribution in [-0.2, 0) is 4.79 Å². The molecule has 0 aliphatic carbocycles. The minimum Gasteiger partial charge on any atom is -0.480 e. The summed E-state index contributed by atoms with van der Waals surface area (Å²) in [6.07, 6.45) is 1.26. The third kappa shape index (κ3) is 1.81. The number of nitro groups is 1. The molecule has 0 unspecified atom stereocenters. The highest BCUT2D eigenvalue weighted by Crippen LogP contribution is 2.10. The van der Waals surface area contributed by atoms with Gasteiger partial charge in [0.2, 0.25) is 0 Å². The van der Waals surface area contributed by atoms with Gasteiger partial charge in [0.05, 0.1) is 17.4 Å². The summed E-state index contributed by atoms with van der Waals surface area (Å²) in [7, 11) is 0. The third-order valence-electron chi connectivity index (χ3n) is 1.54. The SMILES string of the molecule is C[C@@H](C(=O)O)n1ccc([N+](=O)[O-])n1. The Balaban J connectivity index is 2.91. The van der Waals surface area contributed by atoms with Crippen LogP contribution in [-0.4, -0.2) is 25.8 Å². The number of aliphatic carboxylic acids is 1. The first-order valence-electron chi connectivity index (χ1n) is 3.44. The first kappa shape index (κ1) is 9.17. The van der Waals surface area contributed by atoms with Gasteiger partial charge in [0.1, 0.15) is 0 Å². The second kappa shape index (κ2) is 3.21. The Kier molecular flexibility index (Phi) is 2.27. The summed E-state index contributed by atoms with van der Waals surface area (Å²) in [5, 5.41) is 22.2. The Hall–Kier alpha value is -1.92. The van der Waals surface area contributed by atoms with Gasteiger partial charge in [-0.25, -0.2) is 4.79 Å². The van der Waals surface area contributed by atoms with Crippen LogP contribution in [0.1, 0.15) is 13.0 Å². The molecule has 7 heteroatoms. The number of nitrogens with zero attached hydrogens (tertiary/aromatic N) is 3. The van der Waals surface area contributed by atoms with E-state index in [9.17, 15) is 14.9 Å². The average Bonchev–Trinajstić information content (AvgIpc) is 2.50. The van der Waals surface area contributed by atoms with Crippen molar-refractivity contribution >= 4 is 11.8 Å². The van der Waals surface area contributed by atoms with E-state index in [2.05, 4.69) is 5.10 Å². The Morgan fingerprint density at radius 1 is 1.85 bits per heavy atom. The summed E-state index contributed by atoms with van der Waals surface area (Å²) in [5.74, 6) is -1.44. The number of carboxylic acid groups (broad SMARTS) is 1. The van der Waals surface area contributed by atoms with E-state index in [-0.39, 0.29) is 5.82 Å². The lowest BCUT2D eigenvalue weighted by Crippen LogP contribution is -2.16. The lowest BCUT2D eigenvalue weighted by molar-refractivity contribution is -0.389. The van der Waals surface area contributed by atoms with Crippen molar-refractivity contribution in [3.05, 3.63) is 22.4 Å². The van der Waals surface area contributed by atoms with Crippen molar-refractivity contribution in [2.75, 3.05) is 0 Å². The molecule has 13 heavy (non-hydrogen) atoms. The van der Waals surface area contributed by atoms with E-state index < -0.39 is 16.9 Å². The highest BCUT2D eigenvalue weighted by atomic mass is 16.6. The molecule has 0 aliphatic rings. The zero-order valence-corrected chi connectivity index (χ0v) is 6.75. The topological polar surface area (TPSA) is 98.3 Å². The molecular weight excluding hydrogens is 178 g/mol. The van der Waals surface area contributed by atoms with Crippen LogP contribution < -0.4 is 0 Å². The monoisotopic (exact) mass is 185 g/mol. The highest BCUT2D eigenvalue weighted by molar-refractivity contribution is 5.71. The smallest absolute Gasteiger partial charge is 0.389 e. The van der Waals surface area contributed by atoms with Crippen LogP contribution in [0, 0.1) is 10.1 Å². The predicted molar refractivity (Wildman–Crippen MR) is 41.2 cm³/mol. The molecule has 7 nitrogen and oxygen atoms in total. The second-order valence-corrected chi connectivity index (χ2v) is 2.43. The zero-order valence-electron chi connectivity index (χ0n) is 6.75. The molecule has 70 valence electrons. The molecule has 0 bridgehead atoms. The first-order chi connectivity index (χ1) is 6.02. The molecule has 1 atom stereocenters. The van der Waals surface area contributed by atoms with Crippen LogP contribution in [0.25, 0.3) is 0 Å². The van der Waals surface area contributed by atoms with Gasteiger partial charge >= 0.3 is 11.8 Å². The van der Waals surface area contributed by atoms with Crippen LogP contribution in [0.5, 0.6) is 0 Å². The second-order valence-electron chi connectivity index (χ2n) is 2.43. The van der Waals surface area contributed by atoms with Crippen LogP contribution in [0.4, 0.5) is 5.82 Å². The number of rotatable bonds is 3. The normalized spacial score (nSPS) is 12.4. The van der Waals surface area contributed by atoms with Gasteiger partial charge in [0.15, 0.2) is 6.04 Å². The van der Waals surface area contributed by atoms with Gasteiger partial charge in [-0.05, 0) is 11.8 Å². The molecule has 1 aromatic heterocycles. The molecule has 1 aromatic rings. The number of carboxylic acids is 1. The summed E-state index contributed by atoms with van der Waals surface area (Å²) in [6.45, 7) is 1.39. The predicted octanol–water partition coefficient (Wildman–Crippen LogP) is 0.437. The Morgan fingerprint density at radius 3 is 2.85 bits per heavy atom. The minimum absolute atomic E-state index is 0.354. The van der Waals surface area contributed by atoms with E-state index in [1.54, 1.807) is 0 Å². The molecule has 1 heterocycles. The van der Waals surface area contributed by atoms with Crippen molar-refractivity contribution < 1.29 is 14.8 Å². The van der Waals surface area contributed by atoms with Crippen LogP contribution in [0.2, 0.25) is 0 Å². The van der Waals surface area contributed by atoms with Crippen LogP contribution in [0.3, 0.4) is 0 Å². The summed E-state index contributed by atoms with van der Waals surface area (Å²) < 4.78 is 1.03. The van der Waals surface area contributed by atoms with E-state index in [0.717, 1.165) is 10.7 Å². The van der Waals surface area contributed by atoms with E-state index in [4.69, 9.17) is 5.11 Å². The maximum atomic E-state index is 10.4. The lowest BCUT2D eigenvalue weighted by Gasteiger charge is -1.99. The van der Waals surface area contributed by atoms with Gasteiger partial charge < -0.3 is 15.2 Å². The Labute approximate surface area is 72.7 Å². The average molecular weight is 185 g/mol. The number of hydrogen-bond donors (Lipinski definition) is 1. The zero-order chi connectivity index (χ0) is 10.0. The molecular formula is C6H7N3O4. The Bertz CT molecular complexity index is 345. The van der Waals surface area contributed by atoms with Crippen molar-refractivity contribution in [3.63, 3.8) is 0 Å². The molecule has 0 fully saturated rings. The maximum Gasteiger partial charge on any atom is 0.389 e. The van der Waals surface area contributed by atoms with Crippen molar-refractivity contribution in [2.45, 2.75) is 13.0 Å². The summed E-state index contributed by atoms with van der Waals surface area (Å²) in [4.78, 5) is 20.0. The van der Waals surface area contributed by atoms with Gasteiger partial charge in [0.25, 0.3) is 0 Å². The molecule has 1 rings (SSSR count). The highest BCUT2D eigenvalue weighted by Gasteiger charge is 2.20. The fraction of sp³-hybridized carbons (Fsp3) is 0.333. The van der Waals surface area contributed by atoms with E-state index in [0.29, 0.717) is 0 Å². The van der Waals surface area contributed by atoms with Crippen LogP contribution in [0.15, 0.2) is 12.3 Å². The molecule has 0 amide bonds. The largest absolute Gasteiger partial charge is 0.480 e. The number of hydrogen-bond acceptors (Lipinski definition) is 4. The fourth-order valence-corrected chi connectivity index (χ4v) is 0.754. The Morgan fingerprint density at radius 2 is 2.46 bits per heavy atom.